The van der Waals surface area contributed by atoms with Crippen LogP contribution in [0.25, 0.3) is 0 Å². The number of ether oxygens (including phenoxy) is 1. The third-order valence-corrected chi connectivity index (χ3v) is 6.90. The highest BCUT2D eigenvalue weighted by Crippen LogP contribution is 2.40. The van der Waals surface area contributed by atoms with Crippen LogP contribution in [0, 0.1) is 0 Å². The summed E-state index contributed by atoms with van der Waals surface area (Å²) in [6, 6.07) is 8.59. The van der Waals surface area contributed by atoms with Gasteiger partial charge in [-0.3, -0.25) is 0 Å². The maximum atomic E-state index is 12.8. The van der Waals surface area contributed by atoms with Crippen LogP contribution in [0.3, 0.4) is 0 Å². The molecule has 0 bridgehead atoms. The molecule has 1 aromatic rings. The number of nitrogens with zero attached hydrogens (tertiary/aromatic N) is 1. The molecule has 132 valence electrons. The summed E-state index contributed by atoms with van der Waals surface area (Å²) in [4.78, 5) is 11.5. The van der Waals surface area contributed by atoms with Crippen molar-refractivity contribution in [2.75, 3.05) is 13.1 Å². The van der Waals surface area contributed by atoms with Gasteiger partial charge in [-0.1, -0.05) is 18.2 Å². The quantitative estimate of drug-likeness (QED) is 0.818. The van der Waals surface area contributed by atoms with Gasteiger partial charge in [0.15, 0.2) is 0 Å². The summed E-state index contributed by atoms with van der Waals surface area (Å²) in [5, 5.41) is 0. The summed E-state index contributed by atoms with van der Waals surface area (Å²) in [6.45, 7) is 2.56. The summed E-state index contributed by atoms with van der Waals surface area (Å²) in [5.41, 5.74) is -0.373. The van der Waals surface area contributed by atoms with Gasteiger partial charge in [0.1, 0.15) is 5.78 Å². The SMILES string of the molecule is CC(=O)CC[C@@H]1CC[C@]2(CCCN(S(=O)(=O)c3ccccc3)C2)O1. The minimum atomic E-state index is -3.47. The van der Waals surface area contributed by atoms with Gasteiger partial charge in [0.25, 0.3) is 0 Å². The second-order valence-corrected chi connectivity index (χ2v) is 8.90. The van der Waals surface area contributed by atoms with Gasteiger partial charge in [-0.15, -0.1) is 0 Å². The summed E-state index contributed by atoms with van der Waals surface area (Å²) in [5.74, 6) is 0.177. The van der Waals surface area contributed by atoms with Gasteiger partial charge in [0.2, 0.25) is 10.0 Å². The average molecular weight is 351 g/mol. The molecule has 6 heteroatoms. The van der Waals surface area contributed by atoms with E-state index >= 15 is 0 Å². The minimum absolute atomic E-state index is 0.0771. The van der Waals surface area contributed by atoms with Crippen molar-refractivity contribution in [1.29, 1.82) is 0 Å². The molecule has 0 amide bonds. The van der Waals surface area contributed by atoms with Crippen molar-refractivity contribution in [3.63, 3.8) is 0 Å². The molecular formula is C18H25NO4S. The number of carbonyl (C=O) groups excluding carboxylic acids is 1. The van der Waals surface area contributed by atoms with E-state index in [9.17, 15) is 13.2 Å². The van der Waals surface area contributed by atoms with Crippen LogP contribution in [0.4, 0.5) is 0 Å². The predicted molar refractivity (Wildman–Crippen MR) is 91.2 cm³/mol. The van der Waals surface area contributed by atoms with Gasteiger partial charge in [-0.2, -0.15) is 4.31 Å². The van der Waals surface area contributed by atoms with Crippen molar-refractivity contribution in [2.24, 2.45) is 0 Å². The van der Waals surface area contributed by atoms with Crippen molar-refractivity contribution in [3.8, 4) is 0 Å². The molecule has 2 fully saturated rings. The van der Waals surface area contributed by atoms with Crippen LogP contribution in [-0.2, 0) is 19.6 Å². The lowest BCUT2D eigenvalue weighted by molar-refractivity contribution is -0.118. The fourth-order valence-electron chi connectivity index (χ4n) is 3.77. The van der Waals surface area contributed by atoms with Crippen LogP contribution in [-0.4, -0.2) is 43.3 Å². The fourth-order valence-corrected chi connectivity index (χ4v) is 5.34. The van der Waals surface area contributed by atoms with Crippen LogP contribution < -0.4 is 0 Å². The number of benzene rings is 1. The number of rotatable bonds is 5. The molecule has 3 rings (SSSR count). The zero-order chi connectivity index (χ0) is 17.2. The van der Waals surface area contributed by atoms with E-state index in [1.54, 1.807) is 35.5 Å². The first-order valence-corrected chi connectivity index (χ1v) is 10.1. The molecule has 0 N–H and O–H groups in total. The van der Waals surface area contributed by atoms with Gasteiger partial charge in [0, 0.05) is 19.5 Å². The van der Waals surface area contributed by atoms with E-state index in [1.165, 1.54) is 0 Å². The number of sulfonamides is 1. The molecule has 2 saturated heterocycles. The third-order valence-electron chi connectivity index (χ3n) is 5.04. The van der Waals surface area contributed by atoms with Crippen molar-refractivity contribution in [2.45, 2.75) is 62.0 Å². The predicted octanol–water partition coefficient (Wildman–Crippen LogP) is 2.76. The van der Waals surface area contributed by atoms with Crippen molar-refractivity contribution < 1.29 is 17.9 Å². The Morgan fingerprint density at radius 2 is 2.04 bits per heavy atom. The number of hydrogen-bond acceptors (Lipinski definition) is 4. The van der Waals surface area contributed by atoms with Crippen LogP contribution in [0.1, 0.15) is 45.4 Å². The highest BCUT2D eigenvalue weighted by molar-refractivity contribution is 7.89. The molecule has 1 aromatic carbocycles. The van der Waals surface area contributed by atoms with E-state index in [0.717, 1.165) is 32.1 Å². The molecular weight excluding hydrogens is 326 g/mol. The van der Waals surface area contributed by atoms with Gasteiger partial charge >= 0.3 is 0 Å². The molecule has 24 heavy (non-hydrogen) atoms. The van der Waals surface area contributed by atoms with Crippen LogP contribution in [0.2, 0.25) is 0 Å². The molecule has 2 atom stereocenters. The normalized spacial score (nSPS) is 28.3. The number of piperidine rings is 1. The van der Waals surface area contributed by atoms with Crippen LogP contribution in [0.5, 0.6) is 0 Å². The molecule has 1 spiro atoms. The average Bonchev–Trinajstić information content (AvgIpc) is 2.96. The van der Waals surface area contributed by atoms with Crippen LogP contribution >= 0.6 is 0 Å². The Morgan fingerprint density at radius 1 is 1.29 bits per heavy atom. The Labute approximate surface area is 144 Å². The number of carbonyl (C=O) groups is 1. The second kappa shape index (κ2) is 6.94. The summed E-state index contributed by atoms with van der Waals surface area (Å²) < 4.78 is 33.5. The summed E-state index contributed by atoms with van der Waals surface area (Å²) in [7, 11) is -3.47. The minimum Gasteiger partial charge on any atom is -0.370 e. The standard InChI is InChI=1S/C18H25NO4S/c1-15(20)8-9-16-10-12-18(23-16)11-5-13-19(14-18)24(21,22)17-6-3-2-4-7-17/h2-4,6-7,16H,5,8-14H2,1H3/t16-,18+/m1/s1. The number of hydrogen-bond donors (Lipinski definition) is 0. The topological polar surface area (TPSA) is 63.7 Å². The molecule has 2 aliphatic rings. The molecule has 0 radical (unpaired) electrons. The molecule has 0 aliphatic carbocycles. The number of ketones is 1. The molecule has 0 aromatic heterocycles. The van der Waals surface area contributed by atoms with E-state index in [1.807, 2.05) is 6.07 Å². The van der Waals surface area contributed by atoms with Crippen molar-refractivity contribution >= 4 is 15.8 Å². The molecule has 0 saturated carbocycles. The maximum absolute atomic E-state index is 12.8. The second-order valence-electron chi connectivity index (χ2n) is 6.96. The van der Waals surface area contributed by atoms with Crippen LogP contribution in [0.15, 0.2) is 35.2 Å². The summed E-state index contributed by atoms with van der Waals surface area (Å²) in [6.07, 6.45) is 4.84. The molecule has 2 heterocycles. The van der Waals surface area contributed by atoms with E-state index < -0.39 is 10.0 Å². The first-order chi connectivity index (χ1) is 11.4. The lowest BCUT2D eigenvalue weighted by Crippen LogP contribution is -2.50. The van der Waals surface area contributed by atoms with E-state index in [-0.39, 0.29) is 17.5 Å². The molecule has 0 unspecified atom stereocenters. The highest BCUT2D eigenvalue weighted by atomic mass is 32.2. The van der Waals surface area contributed by atoms with E-state index in [2.05, 4.69) is 0 Å². The third kappa shape index (κ3) is 3.71. The van der Waals surface area contributed by atoms with Gasteiger partial charge in [0.05, 0.1) is 16.6 Å². The van der Waals surface area contributed by atoms with Gasteiger partial charge < -0.3 is 9.53 Å². The zero-order valence-corrected chi connectivity index (χ0v) is 14.9. The lowest BCUT2D eigenvalue weighted by atomic mass is 9.91. The largest absolute Gasteiger partial charge is 0.370 e. The van der Waals surface area contributed by atoms with Gasteiger partial charge in [-0.05, 0) is 51.2 Å². The Hall–Kier alpha value is -1.24. The Bertz CT molecular complexity index is 688. The molecule has 5 nitrogen and oxygen atoms in total. The summed E-state index contributed by atoms with van der Waals surface area (Å²) >= 11 is 0. The van der Waals surface area contributed by atoms with Crippen molar-refractivity contribution in [1.82, 2.24) is 4.31 Å². The maximum Gasteiger partial charge on any atom is 0.243 e. The fraction of sp³-hybridized carbons (Fsp3) is 0.611. The van der Waals surface area contributed by atoms with Crippen molar-refractivity contribution in [3.05, 3.63) is 30.3 Å². The smallest absolute Gasteiger partial charge is 0.243 e. The first kappa shape index (κ1) is 17.6. The highest BCUT2D eigenvalue weighted by Gasteiger charge is 2.45. The zero-order valence-electron chi connectivity index (χ0n) is 14.1. The lowest BCUT2D eigenvalue weighted by Gasteiger charge is -2.39. The van der Waals surface area contributed by atoms with Gasteiger partial charge in [-0.25, -0.2) is 8.42 Å². The van der Waals surface area contributed by atoms with E-state index in [4.69, 9.17) is 4.74 Å². The Balaban J connectivity index is 1.70. The monoisotopic (exact) mass is 351 g/mol. The number of Topliss-reactive ketones (excluding diaryl/α,β-unsaturated/α-hetero) is 1. The molecule has 2 aliphatic heterocycles. The van der Waals surface area contributed by atoms with E-state index in [0.29, 0.717) is 24.4 Å². The Kier molecular flexibility index (Phi) is 5.08. The Morgan fingerprint density at radius 3 is 2.75 bits per heavy atom. The first-order valence-electron chi connectivity index (χ1n) is 8.64.